The molecule has 11 heteroatoms. The van der Waals surface area contributed by atoms with Gasteiger partial charge in [-0.15, -0.1) is 5.10 Å². The van der Waals surface area contributed by atoms with Gasteiger partial charge in [-0.05, 0) is 19.3 Å². The van der Waals surface area contributed by atoms with Crippen LogP contribution in [0.4, 0.5) is 8.78 Å². The van der Waals surface area contributed by atoms with E-state index in [2.05, 4.69) is 15.6 Å². The van der Waals surface area contributed by atoms with Crippen molar-refractivity contribution in [2.75, 3.05) is 6.61 Å². The number of carbonyl (C=O) groups is 1. The van der Waals surface area contributed by atoms with Crippen LogP contribution in [-0.4, -0.2) is 79.2 Å². The zero-order chi connectivity index (χ0) is 22.8. The van der Waals surface area contributed by atoms with Gasteiger partial charge >= 0.3 is 0 Å². The van der Waals surface area contributed by atoms with Crippen LogP contribution >= 0.6 is 0 Å². The average Bonchev–Trinajstić information content (AvgIpc) is 3.10. The van der Waals surface area contributed by atoms with E-state index in [-0.39, 0.29) is 5.92 Å². The second-order valence-corrected chi connectivity index (χ2v) is 8.68. The number of nitrogens with zero attached hydrogens (tertiary/aromatic N) is 3. The quantitative estimate of drug-likeness (QED) is 0.463. The van der Waals surface area contributed by atoms with E-state index in [1.807, 2.05) is 13.8 Å². The molecular formula is C19H32F2N4O5. The fourth-order valence-electron chi connectivity index (χ4n) is 3.46. The molecule has 30 heavy (non-hydrogen) atoms. The smallest absolute Gasteiger partial charge is 0.240 e. The van der Waals surface area contributed by atoms with Crippen molar-refractivity contribution < 1.29 is 33.6 Å². The molecule has 4 N–H and O–H groups in total. The summed E-state index contributed by atoms with van der Waals surface area (Å²) in [7, 11) is 0. The summed E-state index contributed by atoms with van der Waals surface area (Å²) < 4.78 is 36.6. The average molecular weight is 434 g/mol. The second-order valence-electron chi connectivity index (χ2n) is 8.68. The van der Waals surface area contributed by atoms with Gasteiger partial charge in [0.05, 0.1) is 18.3 Å². The zero-order valence-corrected chi connectivity index (χ0v) is 17.9. The number of nitrogens with one attached hydrogen (secondary N) is 1. The first-order chi connectivity index (χ1) is 13.9. The number of carbonyl (C=O) groups excluding carboxylic acids is 1. The molecule has 1 aromatic rings. The first kappa shape index (κ1) is 24.6. The van der Waals surface area contributed by atoms with Crippen LogP contribution in [0.5, 0.6) is 0 Å². The summed E-state index contributed by atoms with van der Waals surface area (Å²) in [5.74, 6) is -3.57. The standard InChI is InChI=1S/C19H32F2N4O5/c1-9(2)6-11-7-25(24-23-11)14-13(22-18(29)10(3)4)16(15(28)12(27)8-26)30-19(5,21)17(14)20/h7,9-10,12-17,26-28H,6,8H2,1-5H3,(H,22,29)/t12-,13-,14-,15-,16-,17?,19?/m1/s1. The molecule has 7 atom stereocenters. The van der Waals surface area contributed by atoms with Crippen molar-refractivity contribution in [1.82, 2.24) is 20.3 Å². The maximum Gasteiger partial charge on any atom is 0.240 e. The monoisotopic (exact) mass is 434 g/mol. The molecule has 1 saturated heterocycles. The van der Waals surface area contributed by atoms with E-state index < -0.39 is 60.9 Å². The number of ether oxygens (including phenoxy) is 1. The number of hydrogen-bond donors (Lipinski definition) is 4. The van der Waals surface area contributed by atoms with Crippen molar-refractivity contribution in [1.29, 1.82) is 0 Å². The van der Waals surface area contributed by atoms with Gasteiger partial charge in [-0.25, -0.2) is 13.5 Å². The summed E-state index contributed by atoms with van der Waals surface area (Å²) >= 11 is 0. The van der Waals surface area contributed by atoms with Crippen molar-refractivity contribution in [3.8, 4) is 0 Å². The lowest BCUT2D eigenvalue weighted by atomic mass is 9.86. The lowest BCUT2D eigenvalue weighted by Gasteiger charge is -2.47. The summed E-state index contributed by atoms with van der Waals surface area (Å²) in [5, 5.41) is 40.1. The number of aliphatic hydroxyl groups is 3. The largest absolute Gasteiger partial charge is 0.394 e. The highest BCUT2D eigenvalue weighted by Gasteiger charge is 2.57. The number of alkyl halides is 2. The Morgan fingerprint density at radius 1 is 1.37 bits per heavy atom. The van der Waals surface area contributed by atoms with Gasteiger partial charge in [-0.1, -0.05) is 32.9 Å². The Kier molecular flexibility index (Phi) is 7.89. The molecule has 0 aliphatic carbocycles. The highest BCUT2D eigenvalue weighted by molar-refractivity contribution is 5.78. The summed E-state index contributed by atoms with van der Waals surface area (Å²) in [6, 6.07) is -2.70. The van der Waals surface area contributed by atoms with E-state index in [4.69, 9.17) is 4.74 Å². The normalized spacial score (nSPS) is 31.7. The Hall–Kier alpha value is -1.69. The minimum atomic E-state index is -2.85. The highest BCUT2D eigenvalue weighted by atomic mass is 19.2. The molecule has 1 aliphatic rings. The Morgan fingerprint density at radius 2 is 2.00 bits per heavy atom. The fraction of sp³-hybridized carbons (Fsp3) is 0.842. The second kappa shape index (κ2) is 9.63. The Morgan fingerprint density at radius 3 is 2.53 bits per heavy atom. The fourth-order valence-corrected chi connectivity index (χ4v) is 3.46. The summed E-state index contributed by atoms with van der Waals surface area (Å²) in [4.78, 5) is 12.4. The molecule has 1 amide bonds. The van der Waals surface area contributed by atoms with Crippen LogP contribution in [0.15, 0.2) is 6.20 Å². The maximum atomic E-state index is 15.3. The first-order valence-corrected chi connectivity index (χ1v) is 10.1. The molecule has 0 bridgehead atoms. The number of halogens is 2. The van der Waals surface area contributed by atoms with E-state index in [1.165, 1.54) is 6.20 Å². The molecule has 2 unspecified atom stereocenters. The van der Waals surface area contributed by atoms with Crippen LogP contribution in [-0.2, 0) is 16.0 Å². The van der Waals surface area contributed by atoms with Crippen molar-refractivity contribution >= 4 is 5.91 Å². The molecule has 0 aromatic carbocycles. The van der Waals surface area contributed by atoms with Crippen LogP contribution in [0.2, 0.25) is 0 Å². The molecule has 9 nitrogen and oxygen atoms in total. The topological polar surface area (TPSA) is 130 Å². The lowest BCUT2D eigenvalue weighted by molar-refractivity contribution is -0.279. The molecule has 1 fully saturated rings. The molecule has 1 aromatic heterocycles. The molecule has 0 radical (unpaired) electrons. The van der Waals surface area contributed by atoms with E-state index in [0.717, 1.165) is 11.6 Å². The highest BCUT2D eigenvalue weighted by Crippen LogP contribution is 2.41. The third-order valence-electron chi connectivity index (χ3n) is 5.11. The lowest BCUT2D eigenvalue weighted by Crippen LogP contribution is -2.67. The van der Waals surface area contributed by atoms with Gasteiger partial charge < -0.3 is 25.4 Å². The van der Waals surface area contributed by atoms with Crippen molar-refractivity contribution in [2.45, 2.75) is 83.5 Å². The molecule has 0 saturated carbocycles. The minimum absolute atomic E-state index is 0.253. The van der Waals surface area contributed by atoms with E-state index >= 15 is 8.78 Å². The van der Waals surface area contributed by atoms with Crippen LogP contribution < -0.4 is 5.32 Å². The molecule has 2 rings (SSSR count). The first-order valence-electron chi connectivity index (χ1n) is 10.1. The van der Waals surface area contributed by atoms with Crippen molar-refractivity contribution in [3.63, 3.8) is 0 Å². The number of aromatic nitrogens is 3. The predicted octanol–water partition coefficient (Wildman–Crippen LogP) is 0.295. The third kappa shape index (κ3) is 5.32. The van der Waals surface area contributed by atoms with Crippen molar-refractivity contribution in [3.05, 3.63) is 11.9 Å². The summed E-state index contributed by atoms with van der Waals surface area (Å²) in [6.07, 6.45) is -5.27. The van der Waals surface area contributed by atoms with Crippen LogP contribution in [0.3, 0.4) is 0 Å². The van der Waals surface area contributed by atoms with Gasteiger partial charge in [0, 0.05) is 12.1 Å². The SMILES string of the molecule is CC(C)Cc1cn([C@H]2C(F)C(C)(F)O[C@@H]([C@H](O)[C@H](O)CO)[C@@H]2NC(=O)C(C)C)nn1. The summed E-state index contributed by atoms with van der Waals surface area (Å²) in [5.41, 5.74) is 0.561. The van der Waals surface area contributed by atoms with Crippen LogP contribution in [0.25, 0.3) is 0 Å². The van der Waals surface area contributed by atoms with Gasteiger partial charge in [0.15, 0.2) is 6.17 Å². The Labute approximate surface area is 174 Å². The molecule has 0 spiro atoms. The Balaban J connectivity index is 2.50. The molecular weight excluding hydrogens is 402 g/mol. The number of rotatable bonds is 8. The van der Waals surface area contributed by atoms with E-state index in [0.29, 0.717) is 12.1 Å². The third-order valence-corrected chi connectivity index (χ3v) is 5.11. The number of aliphatic hydroxyl groups excluding tert-OH is 3. The number of amides is 1. The number of hydrogen-bond acceptors (Lipinski definition) is 7. The Bertz CT molecular complexity index is 715. The van der Waals surface area contributed by atoms with Gasteiger partial charge in [0.25, 0.3) is 0 Å². The van der Waals surface area contributed by atoms with Crippen LogP contribution in [0.1, 0.15) is 46.4 Å². The maximum absolute atomic E-state index is 15.3. The van der Waals surface area contributed by atoms with Gasteiger partial charge in [0.1, 0.15) is 24.4 Å². The zero-order valence-electron chi connectivity index (χ0n) is 17.9. The molecule has 172 valence electrons. The molecule has 2 heterocycles. The van der Waals surface area contributed by atoms with Gasteiger partial charge in [-0.3, -0.25) is 4.79 Å². The van der Waals surface area contributed by atoms with Crippen molar-refractivity contribution in [2.24, 2.45) is 11.8 Å². The van der Waals surface area contributed by atoms with Gasteiger partial charge in [-0.2, -0.15) is 0 Å². The van der Waals surface area contributed by atoms with E-state index in [1.54, 1.807) is 13.8 Å². The van der Waals surface area contributed by atoms with Gasteiger partial charge in [0.2, 0.25) is 11.8 Å². The molecule has 1 aliphatic heterocycles. The van der Waals surface area contributed by atoms with E-state index in [9.17, 15) is 20.1 Å². The summed E-state index contributed by atoms with van der Waals surface area (Å²) in [6.45, 7) is 7.20. The predicted molar refractivity (Wildman–Crippen MR) is 103 cm³/mol. The van der Waals surface area contributed by atoms with Crippen LogP contribution in [0, 0.1) is 11.8 Å². The minimum Gasteiger partial charge on any atom is -0.394 e.